The summed E-state index contributed by atoms with van der Waals surface area (Å²) in [5, 5.41) is 3.59. The van der Waals surface area contributed by atoms with E-state index in [4.69, 9.17) is 16.3 Å². The summed E-state index contributed by atoms with van der Waals surface area (Å²) in [4.78, 5) is 14.5. The number of anilines is 2. The highest BCUT2D eigenvalue weighted by atomic mass is 35.5. The minimum atomic E-state index is -0.176. The molecule has 0 bridgehead atoms. The Labute approximate surface area is 141 Å². The van der Waals surface area contributed by atoms with E-state index in [1.54, 1.807) is 4.90 Å². The van der Waals surface area contributed by atoms with Crippen molar-refractivity contribution in [2.75, 3.05) is 16.8 Å². The highest BCUT2D eigenvalue weighted by Gasteiger charge is 2.28. The van der Waals surface area contributed by atoms with Gasteiger partial charge in [0.1, 0.15) is 11.9 Å². The van der Waals surface area contributed by atoms with Gasteiger partial charge in [0.2, 0.25) is 0 Å². The van der Waals surface area contributed by atoms with E-state index in [9.17, 15) is 4.79 Å². The third-order valence-electron chi connectivity index (χ3n) is 4.05. The van der Waals surface area contributed by atoms with Gasteiger partial charge in [0, 0.05) is 10.7 Å². The van der Waals surface area contributed by atoms with Crippen molar-refractivity contribution in [3.8, 4) is 5.75 Å². The number of hydrogen-bond donors (Lipinski definition) is 1. The van der Waals surface area contributed by atoms with Gasteiger partial charge in [0.25, 0.3) is 0 Å². The molecule has 0 unspecified atom stereocenters. The maximum atomic E-state index is 12.8. The van der Waals surface area contributed by atoms with Crippen molar-refractivity contribution in [3.05, 3.63) is 53.1 Å². The van der Waals surface area contributed by atoms with Crippen LogP contribution in [-0.4, -0.2) is 18.7 Å². The first-order valence-corrected chi connectivity index (χ1v) is 8.07. The van der Waals surface area contributed by atoms with Crippen molar-refractivity contribution in [1.82, 2.24) is 0 Å². The first kappa shape index (κ1) is 15.7. The van der Waals surface area contributed by atoms with Gasteiger partial charge in [-0.15, -0.1) is 0 Å². The van der Waals surface area contributed by atoms with Gasteiger partial charge >= 0.3 is 6.03 Å². The van der Waals surface area contributed by atoms with Crippen LogP contribution in [0.3, 0.4) is 0 Å². The van der Waals surface area contributed by atoms with E-state index in [2.05, 4.69) is 12.2 Å². The molecule has 3 rings (SSSR count). The molecule has 2 amide bonds. The fourth-order valence-corrected chi connectivity index (χ4v) is 2.80. The first-order valence-electron chi connectivity index (χ1n) is 7.69. The lowest BCUT2D eigenvalue weighted by Crippen LogP contribution is -2.45. The van der Waals surface area contributed by atoms with Crippen molar-refractivity contribution in [2.24, 2.45) is 0 Å². The number of halogens is 1. The number of fused-ring (bicyclic) bond motifs is 1. The van der Waals surface area contributed by atoms with Crippen LogP contribution >= 0.6 is 11.6 Å². The van der Waals surface area contributed by atoms with Crippen LogP contribution in [0.25, 0.3) is 0 Å². The molecule has 1 heterocycles. The van der Waals surface area contributed by atoms with Crippen molar-refractivity contribution >= 4 is 29.0 Å². The minimum Gasteiger partial charge on any atom is -0.486 e. The fraction of sp³-hybridized carbons (Fsp3) is 0.278. The first-order chi connectivity index (χ1) is 11.1. The van der Waals surface area contributed by atoms with Crippen LogP contribution in [0.1, 0.15) is 18.9 Å². The second kappa shape index (κ2) is 6.50. The SMILES string of the molecule is CC[C@@H]1CN(C(=O)Nc2cccc(Cl)c2C)c2ccccc2O1. The quantitative estimate of drug-likeness (QED) is 0.854. The molecule has 2 aromatic rings. The Bertz CT molecular complexity index is 733. The van der Waals surface area contributed by atoms with Gasteiger partial charge in [-0.1, -0.05) is 36.7 Å². The molecule has 1 atom stereocenters. The molecular weight excluding hydrogens is 312 g/mol. The molecule has 0 radical (unpaired) electrons. The van der Waals surface area contributed by atoms with E-state index in [0.29, 0.717) is 11.6 Å². The zero-order valence-electron chi connectivity index (χ0n) is 13.2. The Morgan fingerprint density at radius 1 is 1.30 bits per heavy atom. The average molecular weight is 331 g/mol. The van der Waals surface area contributed by atoms with Crippen molar-refractivity contribution in [1.29, 1.82) is 0 Å². The van der Waals surface area contributed by atoms with Crippen molar-refractivity contribution in [2.45, 2.75) is 26.4 Å². The van der Waals surface area contributed by atoms with Crippen LogP contribution in [0, 0.1) is 6.92 Å². The summed E-state index contributed by atoms with van der Waals surface area (Å²) in [6.07, 6.45) is 0.838. The van der Waals surface area contributed by atoms with E-state index in [1.165, 1.54) is 0 Å². The van der Waals surface area contributed by atoms with Gasteiger partial charge < -0.3 is 10.1 Å². The van der Waals surface area contributed by atoms with E-state index in [1.807, 2.05) is 49.4 Å². The number of nitrogens with one attached hydrogen (secondary N) is 1. The van der Waals surface area contributed by atoms with Crippen LogP contribution in [0.15, 0.2) is 42.5 Å². The standard InChI is InChI=1S/C18H19ClN2O2/c1-3-13-11-21(16-9-4-5-10-17(16)23-13)18(22)20-15-8-6-7-14(19)12(15)2/h4-10,13H,3,11H2,1-2H3,(H,20,22)/t13-/m1/s1. The van der Waals surface area contributed by atoms with E-state index >= 15 is 0 Å². The Morgan fingerprint density at radius 3 is 2.87 bits per heavy atom. The van der Waals surface area contributed by atoms with Crippen LogP contribution < -0.4 is 15.0 Å². The number of urea groups is 1. The number of amides is 2. The van der Waals surface area contributed by atoms with Gasteiger partial charge in [-0.2, -0.15) is 0 Å². The molecule has 5 heteroatoms. The lowest BCUT2D eigenvalue weighted by molar-refractivity contribution is 0.188. The molecule has 0 aliphatic carbocycles. The highest BCUT2D eigenvalue weighted by Crippen LogP contribution is 2.34. The largest absolute Gasteiger partial charge is 0.486 e. The van der Waals surface area contributed by atoms with Gasteiger partial charge in [0.15, 0.2) is 0 Å². The summed E-state index contributed by atoms with van der Waals surface area (Å²) in [6.45, 7) is 4.47. The molecule has 0 spiro atoms. The number of carbonyl (C=O) groups excluding carboxylic acids is 1. The Balaban J connectivity index is 1.88. The molecule has 0 saturated heterocycles. The van der Waals surface area contributed by atoms with Gasteiger partial charge in [-0.05, 0) is 43.2 Å². The molecule has 120 valence electrons. The Morgan fingerprint density at radius 2 is 2.09 bits per heavy atom. The number of ether oxygens (including phenoxy) is 1. The average Bonchev–Trinajstić information content (AvgIpc) is 2.57. The predicted molar refractivity (Wildman–Crippen MR) is 93.7 cm³/mol. The van der Waals surface area contributed by atoms with Gasteiger partial charge in [0.05, 0.1) is 12.2 Å². The zero-order chi connectivity index (χ0) is 16.4. The summed E-state index contributed by atoms with van der Waals surface area (Å²) in [7, 11) is 0. The molecule has 1 aliphatic rings. The van der Waals surface area contributed by atoms with Crippen LogP contribution in [-0.2, 0) is 0 Å². The number of hydrogen-bond acceptors (Lipinski definition) is 2. The number of para-hydroxylation sites is 2. The number of carbonyl (C=O) groups is 1. The summed E-state index contributed by atoms with van der Waals surface area (Å²) in [6, 6.07) is 12.9. The predicted octanol–water partition coefficient (Wildman–Crippen LogP) is 4.86. The minimum absolute atomic E-state index is 0.00360. The topological polar surface area (TPSA) is 41.6 Å². The molecule has 0 saturated carbocycles. The normalized spacial score (nSPS) is 16.5. The van der Waals surface area contributed by atoms with Crippen LogP contribution in [0.5, 0.6) is 5.75 Å². The molecular formula is C18H19ClN2O2. The highest BCUT2D eigenvalue weighted by molar-refractivity contribution is 6.31. The molecule has 1 N–H and O–H groups in total. The lowest BCUT2D eigenvalue weighted by Gasteiger charge is -2.34. The smallest absolute Gasteiger partial charge is 0.326 e. The molecule has 1 aliphatic heterocycles. The van der Waals surface area contributed by atoms with Gasteiger partial charge in [-0.3, -0.25) is 4.90 Å². The maximum Gasteiger partial charge on any atom is 0.326 e. The number of rotatable bonds is 2. The lowest BCUT2D eigenvalue weighted by atomic mass is 10.1. The summed E-state index contributed by atoms with van der Waals surface area (Å²) >= 11 is 6.12. The summed E-state index contributed by atoms with van der Waals surface area (Å²) in [5.41, 5.74) is 2.37. The molecule has 0 fully saturated rings. The Kier molecular flexibility index (Phi) is 4.44. The summed E-state index contributed by atoms with van der Waals surface area (Å²) < 4.78 is 5.91. The zero-order valence-corrected chi connectivity index (χ0v) is 13.9. The van der Waals surface area contributed by atoms with Gasteiger partial charge in [-0.25, -0.2) is 4.79 Å². The fourth-order valence-electron chi connectivity index (χ4n) is 2.63. The number of nitrogens with zero attached hydrogens (tertiary/aromatic N) is 1. The molecule has 4 nitrogen and oxygen atoms in total. The molecule has 2 aromatic carbocycles. The monoisotopic (exact) mass is 330 g/mol. The van der Waals surface area contributed by atoms with Crippen LogP contribution in [0.2, 0.25) is 5.02 Å². The third kappa shape index (κ3) is 3.13. The van der Waals surface area contributed by atoms with E-state index in [0.717, 1.165) is 29.1 Å². The second-order valence-electron chi connectivity index (χ2n) is 5.57. The molecule has 0 aromatic heterocycles. The van der Waals surface area contributed by atoms with Crippen LogP contribution in [0.4, 0.5) is 16.2 Å². The van der Waals surface area contributed by atoms with E-state index < -0.39 is 0 Å². The van der Waals surface area contributed by atoms with Crippen molar-refractivity contribution < 1.29 is 9.53 Å². The Hall–Kier alpha value is -2.20. The maximum absolute atomic E-state index is 12.8. The third-order valence-corrected chi connectivity index (χ3v) is 4.46. The summed E-state index contributed by atoms with van der Waals surface area (Å²) in [5.74, 6) is 0.739. The number of benzene rings is 2. The molecule has 23 heavy (non-hydrogen) atoms. The van der Waals surface area contributed by atoms with Crippen molar-refractivity contribution in [3.63, 3.8) is 0 Å². The second-order valence-corrected chi connectivity index (χ2v) is 5.98. The van der Waals surface area contributed by atoms with E-state index in [-0.39, 0.29) is 12.1 Å².